The quantitative estimate of drug-likeness (QED) is 0.122. The van der Waals surface area contributed by atoms with Crippen LogP contribution >= 0.6 is 0 Å². The predicted octanol–water partition coefficient (Wildman–Crippen LogP) is 10.9. The van der Waals surface area contributed by atoms with Gasteiger partial charge in [0.2, 0.25) is 0 Å². The Bertz CT molecular complexity index is 2190. The molecular formula is C38H31FN6. The van der Waals surface area contributed by atoms with Gasteiger partial charge in [0.25, 0.3) is 0 Å². The van der Waals surface area contributed by atoms with E-state index in [1.165, 1.54) is 12.1 Å². The highest BCUT2D eigenvalue weighted by atomic mass is 19.1. The molecule has 7 heteroatoms. The minimum Gasteiger partial charge on any atom is -0.377 e. The van der Waals surface area contributed by atoms with Crippen LogP contribution in [-0.4, -0.2) is 14.1 Å². The molecule has 45 heavy (non-hydrogen) atoms. The smallest absolute Gasteiger partial charge is 0.123 e. The molecule has 3 N–H and O–H groups in total. The van der Waals surface area contributed by atoms with Crippen molar-refractivity contribution in [1.29, 1.82) is 0 Å². The van der Waals surface area contributed by atoms with Gasteiger partial charge < -0.3 is 21.1 Å². The Hall–Kier alpha value is -5.95. The Morgan fingerprint density at radius 1 is 0.467 bits per heavy atom. The molecule has 0 aromatic heterocycles. The number of hydrogen-bond donors (Lipinski definition) is 3. The number of rotatable bonds is 8. The maximum atomic E-state index is 13.4. The fourth-order valence-corrected chi connectivity index (χ4v) is 5.67. The summed E-state index contributed by atoms with van der Waals surface area (Å²) in [5.74, 6) is -0.261. The second-order valence-corrected chi connectivity index (χ2v) is 11.0. The number of fused-ring (bicyclic) bond motifs is 3. The molecule has 0 saturated carbocycles. The van der Waals surface area contributed by atoms with Gasteiger partial charge in [-0.05, 0) is 60.7 Å². The first-order valence-corrected chi connectivity index (χ1v) is 14.7. The fourth-order valence-electron chi connectivity index (χ4n) is 5.67. The number of hydrazine groups is 1. The van der Waals surface area contributed by atoms with Gasteiger partial charge in [-0.3, -0.25) is 0 Å². The number of halogens is 1. The van der Waals surface area contributed by atoms with E-state index in [1.807, 2.05) is 80.8 Å². The molecule has 0 radical (unpaired) electrons. The molecule has 0 aliphatic heterocycles. The molecule has 7 aromatic carbocycles. The second-order valence-electron chi connectivity index (χ2n) is 11.0. The topological polar surface area (TPSA) is 64.0 Å². The van der Waals surface area contributed by atoms with E-state index in [2.05, 4.69) is 63.5 Å². The highest BCUT2D eigenvalue weighted by Gasteiger charge is 2.10. The summed E-state index contributed by atoms with van der Waals surface area (Å²) in [7, 11) is 4.09. The summed E-state index contributed by atoms with van der Waals surface area (Å²) >= 11 is 0. The lowest BCUT2D eigenvalue weighted by Crippen LogP contribution is -2.09. The van der Waals surface area contributed by atoms with Gasteiger partial charge in [-0.1, -0.05) is 72.8 Å². The summed E-state index contributed by atoms with van der Waals surface area (Å²) in [5, 5.41) is 19.1. The zero-order chi connectivity index (χ0) is 30.8. The summed E-state index contributed by atoms with van der Waals surface area (Å²) in [6.07, 6.45) is 0. The number of nitrogens with zero attached hydrogens (tertiary/aromatic N) is 3. The van der Waals surface area contributed by atoms with E-state index in [0.29, 0.717) is 0 Å². The van der Waals surface area contributed by atoms with Gasteiger partial charge in [0.1, 0.15) is 5.82 Å². The molecule has 0 bridgehead atoms. The Balaban J connectivity index is 1.17. The molecule has 0 saturated heterocycles. The number of hydrogen-bond acceptors (Lipinski definition) is 6. The lowest BCUT2D eigenvalue weighted by Gasteiger charge is -2.17. The molecule has 0 atom stereocenters. The van der Waals surface area contributed by atoms with E-state index in [0.717, 1.165) is 72.1 Å². The van der Waals surface area contributed by atoms with Crippen LogP contribution in [0.3, 0.4) is 0 Å². The molecule has 0 fully saturated rings. The maximum absolute atomic E-state index is 13.4. The van der Waals surface area contributed by atoms with Gasteiger partial charge in [-0.15, -0.1) is 10.2 Å². The first-order chi connectivity index (χ1) is 22.0. The zero-order valence-corrected chi connectivity index (χ0v) is 24.9. The van der Waals surface area contributed by atoms with E-state index in [4.69, 9.17) is 10.2 Å². The van der Waals surface area contributed by atoms with Crippen LogP contribution in [0.15, 0.2) is 144 Å². The highest BCUT2D eigenvalue weighted by molar-refractivity contribution is 6.05. The normalized spacial score (nSPS) is 11.4. The van der Waals surface area contributed by atoms with E-state index >= 15 is 0 Å². The second kappa shape index (κ2) is 12.0. The van der Waals surface area contributed by atoms with Crippen molar-refractivity contribution < 1.29 is 4.39 Å². The van der Waals surface area contributed by atoms with Gasteiger partial charge in [0.05, 0.1) is 22.7 Å². The standard InChI is InChI=1S/C38H31FN6/c1-45(2)38-24-23-37(31-13-7-8-14-32(31)38)44-43-36-22-21-35(29-11-5-6-12-30(29)36)42-41-34-20-19-33(27-9-3-4-10-28(27)34)40-26-17-15-25(39)16-18-26/h3-24,40-42H,1-2H3. The van der Waals surface area contributed by atoms with Crippen molar-refractivity contribution in [3.8, 4) is 0 Å². The Morgan fingerprint density at radius 2 is 0.911 bits per heavy atom. The van der Waals surface area contributed by atoms with Crippen LogP contribution in [0, 0.1) is 5.82 Å². The summed E-state index contributed by atoms with van der Waals surface area (Å²) in [6.45, 7) is 0. The molecule has 0 unspecified atom stereocenters. The van der Waals surface area contributed by atoms with Crippen LogP contribution in [-0.2, 0) is 0 Å². The average Bonchev–Trinajstić information content (AvgIpc) is 3.08. The largest absolute Gasteiger partial charge is 0.377 e. The van der Waals surface area contributed by atoms with E-state index in [-0.39, 0.29) is 5.82 Å². The summed E-state index contributed by atoms with van der Waals surface area (Å²) in [6, 6.07) is 43.1. The number of nitrogens with one attached hydrogen (secondary N) is 3. The van der Waals surface area contributed by atoms with E-state index in [9.17, 15) is 4.39 Å². The molecule has 0 amide bonds. The molecule has 220 valence electrons. The predicted molar refractivity (Wildman–Crippen MR) is 187 cm³/mol. The van der Waals surface area contributed by atoms with Crippen molar-refractivity contribution in [3.05, 3.63) is 139 Å². The van der Waals surface area contributed by atoms with Crippen LogP contribution in [0.4, 0.5) is 44.2 Å². The number of benzene rings is 7. The number of azo groups is 1. The molecule has 7 rings (SSSR count). The molecular weight excluding hydrogens is 559 g/mol. The Labute approximate surface area is 260 Å². The van der Waals surface area contributed by atoms with E-state index in [1.54, 1.807) is 12.1 Å². The summed E-state index contributed by atoms with van der Waals surface area (Å²) < 4.78 is 13.4. The minimum atomic E-state index is -0.261. The third kappa shape index (κ3) is 5.59. The van der Waals surface area contributed by atoms with Crippen molar-refractivity contribution >= 4 is 72.1 Å². The van der Waals surface area contributed by atoms with E-state index < -0.39 is 0 Å². The van der Waals surface area contributed by atoms with Gasteiger partial charge in [0, 0.05) is 63.5 Å². The molecule has 7 aromatic rings. The maximum Gasteiger partial charge on any atom is 0.123 e. The van der Waals surface area contributed by atoms with Crippen molar-refractivity contribution in [2.75, 3.05) is 35.2 Å². The Morgan fingerprint density at radius 3 is 1.51 bits per heavy atom. The van der Waals surface area contributed by atoms with Crippen molar-refractivity contribution in [1.82, 2.24) is 0 Å². The molecule has 0 aliphatic rings. The number of anilines is 5. The van der Waals surface area contributed by atoms with Gasteiger partial charge in [0.15, 0.2) is 0 Å². The van der Waals surface area contributed by atoms with Crippen LogP contribution in [0.1, 0.15) is 0 Å². The lowest BCUT2D eigenvalue weighted by molar-refractivity contribution is 0.628. The van der Waals surface area contributed by atoms with Crippen LogP contribution < -0.4 is 21.1 Å². The van der Waals surface area contributed by atoms with Crippen molar-refractivity contribution in [3.63, 3.8) is 0 Å². The molecule has 0 spiro atoms. The highest BCUT2D eigenvalue weighted by Crippen LogP contribution is 2.37. The third-order valence-corrected chi connectivity index (χ3v) is 7.91. The first kappa shape index (κ1) is 27.9. The molecule has 6 nitrogen and oxygen atoms in total. The SMILES string of the molecule is CN(C)c1ccc(N=Nc2ccc(NNc3ccc(Nc4ccc(F)cc4)c4ccccc34)c3ccccc23)c2ccccc12. The van der Waals surface area contributed by atoms with Crippen LogP contribution in [0.2, 0.25) is 0 Å². The minimum absolute atomic E-state index is 0.261. The van der Waals surface area contributed by atoms with Crippen molar-refractivity contribution in [2.45, 2.75) is 0 Å². The zero-order valence-electron chi connectivity index (χ0n) is 24.9. The Kier molecular flexibility index (Phi) is 7.41. The van der Waals surface area contributed by atoms with Crippen molar-refractivity contribution in [2.24, 2.45) is 10.2 Å². The monoisotopic (exact) mass is 590 g/mol. The first-order valence-electron chi connectivity index (χ1n) is 14.7. The summed E-state index contributed by atoms with van der Waals surface area (Å²) in [4.78, 5) is 2.11. The molecule has 0 heterocycles. The molecule has 0 aliphatic carbocycles. The average molecular weight is 591 g/mol. The van der Waals surface area contributed by atoms with Gasteiger partial charge in [-0.2, -0.15) is 0 Å². The summed E-state index contributed by atoms with van der Waals surface area (Å²) in [5.41, 5.74) is 13.2. The lowest BCUT2D eigenvalue weighted by atomic mass is 10.1. The fraction of sp³-hybridized carbons (Fsp3) is 0.0526. The van der Waals surface area contributed by atoms with Gasteiger partial charge >= 0.3 is 0 Å². The van der Waals surface area contributed by atoms with Crippen LogP contribution in [0.5, 0.6) is 0 Å². The third-order valence-electron chi connectivity index (χ3n) is 7.91. The van der Waals surface area contributed by atoms with Gasteiger partial charge in [-0.25, -0.2) is 4.39 Å². The van der Waals surface area contributed by atoms with Crippen LogP contribution in [0.25, 0.3) is 32.3 Å².